The molecular weight excluding hydrogens is 262 g/mol. The van der Waals surface area contributed by atoms with Gasteiger partial charge in [-0.3, -0.25) is 4.90 Å². The van der Waals surface area contributed by atoms with Crippen LogP contribution >= 0.6 is 0 Å². The highest BCUT2D eigenvalue weighted by atomic mass is 16.6. The smallest absolute Gasteiger partial charge is 0.411 e. The van der Waals surface area contributed by atoms with Crippen LogP contribution in [0, 0.1) is 0 Å². The molecule has 0 bridgehead atoms. The molecule has 20 heavy (non-hydrogen) atoms. The number of hydrogen-bond acceptors (Lipinski definition) is 5. The minimum atomic E-state index is -0.612. The predicted octanol–water partition coefficient (Wildman–Crippen LogP) is 1.72. The van der Waals surface area contributed by atoms with Crippen LogP contribution in [0.5, 0.6) is 0 Å². The Hall–Kier alpha value is -1.30. The number of carbonyl (C=O) groups excluding carboxylic acids is 2. The van der Waals surface area contributed by atoms with Gasteiger partial charge in [0.25, 0.3) is 0 Å². The Bertz CT molecular complexity index is 386. The van der Waals surface area contributed by atoms with E-state index in [2.05, 4.69) is 0 Å². The Morgan fingerprint density at radius 1 is 1.15 bits per heavy atom. The van der Waals surface area contributed by atoms with Gasteiger partial charge in [0.1, 0.15) is 11.6 Å². The number of carbonyl (C=O) groups is 2. The van der Waals surface area contributed by atoms with Gasteiger partial charge in [0.15, 0.2) is 0 Å². The standard InChI is InChI=1S/C14H23NO5/c1-14(2,3)20-13(17)15-8-10(19-9-5-6-9)7-11(15)12(16)18-4/h9-11H,5-8H2,1-4H3/t10-,11-/m1/s1. The number of amides is 1. The number of likely N-dealkylation sites (tertiary alicyclic amines) is 1. The van der Waals surface area contributed by atoms with E-state index in [0.29, 0.717) is 13.0 Å². The molecule has 2 atom stereocenters. The molecular formula is C14H23NO5. The average molecular weight is 285 g/mol. The van der Waals surface area contributed by atoms with E-state index in [9.17, 15) is 9.59 Å². The molecule has 0 N–H and O–H groups in total. The maximum atomic E-state index is 12.2. The summed E-state index contributed by atoms with van der Waals surface area (Å²) in [5.74, 6) is -0.419. The van der Waals surface area contributed by atoms with Crippen molar-refractivity contribution in [2.75, 3.05) is 13.7 Å². The quantitative estimate of drug-likeness (QED) is 0.739. The Morgan fingerprint density at radius 2 is 1.80 bits per heavy atom. The van der Waals surface area contributed by atoms with Gasteiger partial charge in [-0.1, -0.05) is 0 Å². The summed E-state index contributed by atoms with van der Waals surface area (Å²) in [6.07, 6.45) is 2.28. The molecule has 0 aromatic rings. The summed E-state index contributed by atoms with van der Waals surface area (Å²) >= 11 is 0. The van der Waals surface area contributed by atoms with E-state index in [-0.39, 0.29) is 12.2 Å². The normalized spacial score (nSPS) is 26.5. The van der Waals surface area contributed by atoms with Crippen LogP contribution in [0.3, 0.4) is 0 Å². The number of nitrogens with zero attached hydrogens (tertiary/aromatic N) is 1. The third kappa shape index (κ3) is 3.85. The Morgan fingerprint density at radius 3 is 2.30 bits per heavy atom. The molecule has 6 nitrogen and oxygen atoms in total. The van der Waals surface area contributed by atoms with Gasteiger partial charge in [-0.15, -0.1) is 0 Å². The van der Waals surface area contributed by atoms with Crippen molar-refractivity contribution in [2.45, 2.75) is 63.9 Å². The monoisotopic (exact) mass is 285 g/mol. The second-order valence-corrected chi connectivity index (χ2v) is 6.36. The summed E-state index contributed by atoms with van der Waals surface area (Å²) < 4.78 is 15.9. The average Bonchev–Trinajstić information content (AvgIpc) is 3.03. The lowest BCUT2D eigenvalue weighted by molar-refractivity contribution is -0.145. The van der Waals surface area contributed by atoms with E-state index in [4.69, 9.17) is 14.2 Å². The lowest BCUT2D eigenvalue weighted by atomic mass is 10.2. The molecule has 0 aromatic heterocycles. The summed E-state index contributed by atoms with van der Waals surface area (Å²) in [4.78, 5) is 25.4. The van der Waals surface area contributed by atoms with Crippen molar-refractivity contribution in [3.63, 3.8) is 0 Å². The van der Waals surface area contributed by atoms with Crippen LogP contribution in [0.1, 0.15) is 40.0 Å². The minimum Gasteiger partial charge on any atom is -0.467 e. The molecule has 2 fully saturated rings. The first-order valence-corrected chi connectivity index (χ1v) is 7.03. The van der Waals surface area contributed by atoms with Crippen molar-refractivity contribution in [3.8, 4) is 0 Å². The minimum absolute atomic E-state index is 0.112. The van der Waals surface area contributed by atoms with Gasteiger partial charge < -0.3 is 14.2 Å². The highest BCUT2D eigenvalue weighted by Gasteiger charge is 2.44. The van der Waals surface area contributed by atoms with E-state index >= 15 is 0 Å². The summed E-state index contributed by atoms with van der Waals surface area (Å²) in [6.45, 7) is 5.77. The fourth-order valence-electron chi connectivity index (χ4n) is 2.25. The second kappa shape index (κ2) is 5.60. The topological polar surface area (TPSA) is 65.1 Å². The summed E-state index contributed by atoms with van der Waals surface area (Å²) in [7, 11) is 1.32. The Balaban J connectivity index is 2.02. The molecule has 6 heteroatoms. The molecule has 2 aliphatic rings. The molecule has 1 aliphatic carbocycles. The first-order chi connectivity index (χ1) is 9.30. The van der Waals surface area contributed by atoms with Crippen molar-refractivity contribution in [2.24, 2.45) is 0 Å². The summed E-state index contributed by atoms with van der Waals surface area (Å²) in [6, 6.07) is -0.612. The number of hydrogen-bond donors (Lipinski definition) is 0. The molecule has 0 radical (unpaired) electrons. The van der Waals surface area contributed by atoms with Crippen LogP contribution in [0.25, 0.3) is 0 Å². The van der Waals surface area contributed by atoms with Gasteiger partial charge >= 0.3 is 12.1 Å². The van der Waals surface area contributed by atoms with Gasteiger partial charge in [0.2, 0.25) is 0 Å². The SMILES string of the molecule is COC(=O)[C@H]1C[C@@H](OC2CC2)CN1C(=O)OC(C)(C)C. The molecule has 1 amide bonds. The van der Waals surface area contributed by atoms with Crippen molar-refractivity contribution in [1.82, 2.24) is 4.90 Å². The third-order valence-corrected chi connectivity index (χ3v) is 3.27. The van der Waals surface area contributed by atoms with Crippen LogP contribution in [-0.2, 0) is 19.0 Å². The molecule has 114 valence electrons. The first-order valence-electron chi connectivity index (χ1n) is 7.03. The van der Waals surface area contributed by atoms with E-state index < -0.39 is 23.7 Å². The third-order valence-electron chi connectivity index (χ3n) is 3.27. The predicted molar refractivity (Wildman–Crippen MR) is 71.3 cm³/mol. The zero-order chi connectivity index (χ0) is 14.9. The summed E-state index contributed by atoms with van der Waals surface area (Å²) in [5.41, 5.74) is -0.590. The largest absolute Gasteiger partial charge is 0.467 e. The van der Waals surface area contributed by atoms with Crippen LogP contribution in [0.15, 0.2) is 0 Å². The number of rotatable bonds is 3. The zero-order valence-electron chi connectivity index (χ0n) is 12.5. The number of esters is 1. The van der Waals surface area contributed by atoms with E-state index in [1.807, 2.05) is 0 Å². The van der Waals surface area contributed by atoms with Crippen LogP contribution in [-0.4, -0.2) is 54.5 Å². The highest BCUT2D eigenvalue weighted by Crippen LogP contribution is 2.31. The Kier molecular flexibility index (Phi) is 4.22. The maximum absolute atomic E-state index is 12.2. The van der Waals surface area contributed by atoms with Gasteiger partial charge in [-0.25, -0.2) is 9.59 Å². The van der Waals surface area contributed by atoms with Crippen molar-refractivity contribution < 1.29 is 23.8 Å². The van der Waals surface area contributed by atoms with Gasteiger partial charge in [-0.05, 0) is 33.6 Å². The molecule has 0 spiro atoms. The molecule has 2 rings (SSSR count). The lowest BCUT2D eigenvalue weighted by Gasteiger charge is -2.27. The molecule has 1 saturated heterocycles. The first kappa shape index (κ1) is 15.1. The summed E-state index contributed by atoms with van der Waals surface area (Å²) in [5, 5.41) is 0. The second-order valence-electron chi connectivity index (χ2n) is 6.36. The molecule has 1 saturated carbocycles. The van der Waals surface area contributed by atoms with E-state index in [1.165, 1.54) is 12.0 Å². The highest BCUT2D eigenvalue weighted by molar-refractivity contribution is 5.82. The van der Waals surface area contributed by atoms with Gasteiger partial charge in [-0.2, -0.15) is 0 Å². The van der Waals surface area contributed by atoms with Crippen molar-refractivity contribution in [1.29, 1.82) is 0 Å². The molecule has 0 aromatic carbocycles. The number of methoxy groups -OCH3 is 1. The molecule has 0 unspecified atom stereocenters. The van der Waals surface area contributed by atoms with E-state index in [0.717, 1.165) is 12.8 Å². The van der Waals surface area contributed by atoms with Gasteiger partial charge in [0.05, 0.1) is 25.9 Å². The van der Waals surface area contributed by atoms with E-state index in [1.54, 1.807) is 20.8 Å². The van der Waals surface area contributed by atoms with Crippen LogP contribution < -0.4 is 0 Å². The number of ether oxygens (including phenoxy) is 3. The lowest BCUT2D eigenvalue weighted by Crippen LogP contribution is -2.44. The van der Waals surface area contributed by atoms with Gasteiger partial charge in [0, 0.05) is 6.42 Å². The van der Waals surface area contributed by atoms with Crippen LogP contribution in [0.4, 0.5) is 4.79 Å². The zero-order valence-corrected chi connectivity index (χ0v) is 12.5. The fraction of sp³-hybridized carbons (Fsp3) is 0.857. The van der Waals surface area contributed by atoms with Crippen molar-refractivity contribution in [3.05, 3.63) is 0 Å². The van der Waals surface area contributed by atoms with Crippen molar-refractivity contribution >= 4 is 12.1 Å². The molecule has 1 heterocycles. The molecule has 1 aliphatic heterocycles. The maximum Gasteiger partial charge on any atom is 0.411 e. The van der Waals surface area contributed by atoms with Crippen LogP contribution in [0.2, 0.25) is 0 Å². The Labute approximate surface area is 119 Å². The fourth-order valence-corrected chi connectivity index (χ4v) is 2.25.